The zero-order valence-electron chi connectivity index (χ0n) is 22.2. The molecule has 0 saturated carbocycles. The molecule has 0 aliphatic carbocycles. The fourth-order valence-electron chi connectivity index (χ4n) is 2.96. The van der Waals surface area contributed by atoms with Gasteiger partial charge in [-0.15, -0.1) is 15.8 Å². The van der Waals surface area contributed by atoms with Crippen LogP contribution in [0.4, 0.5) is 0 Å². The molecule has 2 nitrogen and oxygen atoms in total. The van der Waals surface area contributed by atoms with Crippen molar-refractivity contribution in [3.05, 3.63) is 0 Å². The minimum Gasteiger partial charge on any atom is -0.307 e. The zero-order valence-corrected chi connectivity index (χ0v) is 24.9. The van der Waals surface area contributed by atoms with E-state index in [0.29, 0.717) is 15.8 Å². The number of hydrogen-bond donors (Lipinski definition) is 0. The van der Waals surface area contributed by atoms with Crippen molar-refractivity contribution >= 4 is 29.4 Å². The van der Waals surface area contributed by atoms with Crippen LogP contribution < -0.4 is 0 Å². The van der Waals surface area contributed by atoms with Gasteiger partial charge in [-0.05, 0) is 75.5 Å². The average molecular weight is 523 g/mol. The van der Waals surface area contributed by atoms with E-state index in [2.05, 4.69) is 41.5 Å². The maximum atomic E-state index is 8.00. The van der Waals surface area contributed by atoms with Gasteiger partial charge in [-0.2, -0.15) is 0 Å². The van der Waals surface area contributed by atoms with E-state index in [1.165, 1.54) is 77.0 Å². The van der Waals surface area contributed by atoms with Crippen LogP contribution in [-0.2, 0) is 26.1 Å². The summed E-state index contributed by atoms with van der Waals surface area (Å²) in [6, 6.07) is 0. The molecule has 0 aromatic carbocycles. The topological polar surface area (TPSA) is 34.1 Å². The van der Waals surface area contributed by atoms with Crippen molar-refractivity contribution in [1.29, 1.82) is 0 Å². The summed E-state index contributed by atoms with van der Waals surface area (Å²) >= 11 is 0. The van der Waals surface area contributed by atoms with Crippen LogP contribution in [-0.4, -0.2) is 50.5 Å². The van der Waals surface area contributed by atoms with Crippen LogP contribution >= 0.6 is 15.8 Å². The third kappa shape index (κ3) is 41.4. The van der Waals surface area contributed by atoms with Crippen LogP contribution in [0.3, 0.4) is 0 Å². The van der Waals surface area contributed by atoms with Gasteiger partial charge < -0.3 is 9.59 Å². The smallest absolute Gasteiger partial charge is 0.106 e. The Morgan fingerprint density at radius 1 is 0.387 bits per heavy atom. The summed E-state index contributed by atoms with van der Waals surface area (Å²) in [6.07, 6.45) is 26.4. The molecule has 0 saturated heterocycles. The third-order valence-electron chi connectivity index (χ3n) is 4.97. The van der Waals surface area contributed by atoms with Crippen LogP contribution in [0.25, 0.3) is 0 Å². The molecular formula is C26H58NiO2P2. The van der Waals surface area contributed by atoms with Crippen molar-refractivity contribution in [2.24, 2.45) is 0 Å². The first-order chi connectivity index (χ1) is 14.7. The number of rotatable bonds is 18. The van der Waals surface area contributed by atoms with Gasteiger partial charge in [-0.3, -0.25) is 0 Å². The fraction of sp³-hybridized carbons (Fsp3) is 0.923. The van der Waals surface area contributed by atoms with Gasteiger partial charge in [-0.1, -0.05) is 80.1 Å². The van der Waals surface area contributed by atoms with Gasteiger partial charge in [0.15, 0.2) is 0 Å². The Kier molecular flexibility index (Phi) is 60.0. The molecule has 0 heterocycles. The summed E-state index contributed by atoms with van der Waals surface area (Å²) in [7, 11) is 0.843. The molecule has 0 aromatic heterocycles. The Hall–Kier alpha value is 0.694. The SMILES string of the molecule is C=O.C=O.CCCCP(CCCC)CCCC.CCCCP(CCCC)CCCC.[Ni]. The van der Waals surface area contributed by atoms with Gasteiger partial charge in [0.2, 0.25) is 0 Å². The van der Waals surface area contributed by atoms with E-state index in [9.17, 15) is 0 Å². The van der Waals surface area contributed by atoms with Crippen molar-refractivity contribution < 1.29 is 26.1 Å². The maximum absolute atomic E-state index is 8.00. The summed E-state index contributed by atoms with van der Waals surface area (Å²) in [5.41, 5.74) is 0. The van der Waals surface area contributed by atoms with E-state index in [0.717, 1.165) is 0 Å². The third-order valence-corrected chi connectivity index (χ3v) is 10.7. The zero-order chi connectivity index (χ0) is 23.9. The second-order valence-electron chi connectivity index (χ2n) is 7.80. The minimum atomic E-state index is 0. The molecule has 0 N–H and O–H groups in total. The summed E-state index contributed by atoms with van der Waals surface area (Å²) < 4.78 is 0. The van der Waals surface area contributed by atoms with Crippen molar-refractivity contribution in [2.45, 2.75) is 119 Å². The van der Waals surface area contributed by atoms with Gasteiger partial charge in [-0.25, -0.2) is 0 Å². The molecule has 5 heteroatoms. The number of carbonyl (C=O) groups is 2. The van der Waals surface area contributed by atoms with E-state index in [4.69, 9.17) is 9.59 Å². The Balaban J connectivity index is -0.000000122. The van der Waals surface area contributed by atoms with Crippen molar-refractivity contribution in [1.82, 2.24) is 0 Å². The van der Waals surface area contributed by atoms with Crippen LogP contribution in [0.1, 0.15) is 119 Å². The van der Waals surface area contributed by atoms with E-state index in [-0.39, 0.29) is 16.5 Å². The molecule has 0 atom stereocenters. The molecule has 0 aliphatic heterocycles. The maximum Gasteiger partial charge on any atom is 0.106 e. The first-order valence-electron chi connectivity index (χ1n) is 12.7. The molecule has 31 heavy (non-hydrogen) atoms. The van der Waals surface area contributed by atoms with E-state index >= 15 is 0 Å². The Labute approximate surface area is 210 Å². The first kappa shape index (κ1) is 41.9. The molecular weight excluding hydrogens is 465 g/mol. The predicted octanol–water partition coefficient (Wildman–Crippen LogP) is 9.36. The number of carbonyl (C=O) groups excluding carboxylic acids is 2. The molecule has 0 fully saturated rings. The Bertz CT molecular complexity index is 208. The summed E-state index contributed by atoms with van der Waals surface area (Å²) in [5.74, 6) is 0. The van der Waals surface area contributed by atoms with E-state index in [1.807, 2.05) is 13.6 Å². The summed E-state index contributed by atoms with van der Waals surface area (Å²) in [4.78, 5) is 16.0. The predicted molar refractivity (Wildman–Crippen MR) is 147 cm³/mol. The van der Waals surface area contributed by atoms with Gasteiger partial charge >= 0.3 is 0 Å². The molecule has 0 spiro atoms. The van der Waals surface area contributed by atoms with Crippen LogP contribution in [0.2, 0.25) is 0 Å². The quantitative estimate of drug-likeness (QED) is 0.133. The van der Waals surface area contributed by atoms with E-state index < -0.39 is 0 Å². The largest absolute Gasteiger partial charge is 0.307 e. The second-order valence-corrected chi connectivity index (χ2v) is 13.2. The van der Waals surface area contributed by atoms with Gasteiger partial charge in [0, 0.05) is 16.5 Å². The summed E-state index contributed by atoms with van der Waals surface area (Å²) in [5, 5.41) is 0. The normalized spacial score (nSPS) is 9.55. The standard InChI is InChI=1S/2C12H27P.2CH2O.Ni/c2*1-4-7-10-13(11-8-5-2)12-9-6-3;2*1-2;/h2*4-12H2,1-3H3;2*1H2;. The fourth-order valence-corrected chi connectivity index (χ4v) is 8.88. The van der Waals surface area contributed by atoms with Crippen LogP contribution in [0.5, 0.6) is 0 Å². The van der Waals surface area contributed by atoms with Crippen LogP contribution in [0.15, 0.2) is 0 Å². The molecule has 194 valence electrons. The molecule has 0 aromatic rings. The molecule has 0 radical (unpaired) electrons. The van der Waals surface area contributed by atoms with Gasteiger partial charge in [0.1, 0.15) is 13.6 Å². The van der Waals surface area contributed by atoms with E-state index in [1.54, 1.807) is 37.0 Å². The summed E-state index contributed by atoms with van der Waals surface area (Å²) in [6.45, 7) is 17.9. The number of unbranched alkanes of at least 4 members (excludes halogenated alkanes) is 6. The van der Waals surface area contributed by atoms with Crippen molar-refractivity contribution in [2.75, 3.05) is 37.0 Å². The molecule has 0 rings (SSSR count). The first-order valence-corrected chi connectivity index (χ1v) is 16.5. The molecule has 0 bridgehead atoms. The molecule has 0 amide bonds. The number of hydrogen-bond acceptors (Lipinski definition) is 2. The average Bonchev–Trinajstić information content (AvgIpc) is 2.81. The monoisotopic (exact) mass is 522 g/mol. The van der Waals surface area contributed by atoms with Gasteiger partial charge in [0.25, 0.3) is 0 Å². The van der Waals surface area contributed by atoms with Crippen molar-refractivity contribution in [3.8, 4) is 0 Å². The molecule has 0 aliphatic rings. The Morgan fingerprint density at radius 2 is 0.516 bits per heavy atom. The van der Waals surface area contributed by atoms with Crippen LogP contribution in [0, 0.1) is 0 Å². The van der Waals surface area contributed by atoms with Gasteiger partial charge in [0.05, 0.1) is 0 Å². The Morgan fingerprint density at radius 3 is 0.613 bits per heavy atom. The minimum absolute atomic E-state index is 0. The van der Waals surface area contributed by atoms with Crippen molar-refractivity contribution in [3.63, 3.8) is 0 Å². The molecule has 0 unspecified atom stereocenters. The second kappa shape index (κ2) is 44.4.